The zero-order valence-corrected chi connectivity index (χ0v) is 13.1. The Balaban J connectivity index is 2.31. The number of anilines is 1. The summed E-state index contributed by atoms with van der Waals surface area (Å²) >= 11 is 0. The molecule has 0 bridgehead atoms. The first-order chi connectivity index (χ1) is 11.1. The van der Waals surface area contributed by atoms with Crippen molar-refractivity contribution in [2.75, 3.05) is 25.1 Å². The molecule has 0 spiro atoms. The van der Waals surface area contributed by atoms with Gasteiger partial charge in [0.2, 0.25) is 0 Å². The van der Waals surface area contributed by atoms with Crippen molar-refractivity contribution in [3.05, 3.63) is 65.7 Å². The van der Waals surface area contributed by atoms with Gasteiger partial charge in [-0.2, -0.15) is 10.5 Å². The second-order valence-corrected chi connectivity index (χ2v) is 5.48. The van der Waals surface area contributed by atoms with E-state index in [9.17, 15) is 10.5 Å². The van der Waals surface area contributed by atoms with Crippen molar-refractivity contribution in [3.63, 3.8) is 0 Å². The number of hydrogen-bond acceptors (Lipinski definition) is 4. The third-order valence-corrected chi connectivity index (χ3v) is 3.93. The Morgan fingerprint density at radius 3 is 2.13 bits per heavy atom. The number of nitriles is 2. The molecule has 4 heteroatoms. The second kappa shape index (κ2) is 7.45. The molecule has 0 amide bonds. The third-order valence-electron chi connectivity index (χ3n) is 3.93. The largest absolute Gasteiger partial charge is 0.395 e. The Morgan fingerprint density at radius 2 is 1.61 bits per heavy atom. The maximum atomic E-state index is 9.64. The maximum absolute atomic E-state index is 9.64. The third kappa shape index (κ3) is 3.69. The highest BCUT2D eigenvalue weighted by Crippen LogP contribution is 2.29. The minimum absolute atomic E-state index is 0.0760. The Hall–Kier alpha value is -2.82. The van der Waals surface area contributed by atoms with Crippen LogP contribution in [0.4, 0.5) is 5.69 Å². The molecule has 116 valence electrons. The first-order valence-electron chi connectivity index (χ1n) is 7.44. The summed E-state index contributed by atoms with van der Waals surface area (Å²) in [4.78, 5) is 1.92. The molecule has 2 aromatic carbocycles. The van der Waals surface area contributed by atoms with Crippen LogP contribution in [0.15, 0.2) is 54.6 Å². The quantitative estimate of drug-likeness (QED) is 0.890. The van der Waals surface area contributed by atoms with Crippen LogP contribution in [0.5, 0.6) is 0 Å². The molecule has 4 nitrogen and oxygen atoms in total. The summed E-state index contributed by atoms with van der Waals surface area (Å²) < 4.78 is 0. The van der Waals surface area contributed by atoms with Gasteiger partial charge in [-0.15, -0.1) is 0 Å². The Morgan fingerprint density at radius 1 is 1.00 bits per heavy atom. The predicted octanol–water partition coefficient (Wildman–Crippen LogP) is 2.64. The molecule has 0 aliphatic carbocycles. The van der Waals surface area contributed by atoms with Crippen molar-refractivity contribution >= 4 is 5.69 Å². The number of likely N-dealkylation sites (N-methyl/N-ethyl adjacent to an activating group) is 1. The van der Waals surface area contributed by atoms with Crippen LogP contribution in [0.25, 0.3) is 0 Å². The van der Waals surface area contributed by atoms with Gasteiger partial charge < -0.3 is 10.0 Å². The van der Waals surface area contributed by atoms with Crippen LogP contribution in [0.2, 0.25) is 0 Å². The zero-order valence-electron chi connectivity index (χ0n) is 13.1. The SMILES string of the molecule is CN(CCO)c1ccc(C(C#N)(C#N)Cc2ccccc2)cc1. The molecule has 2 aromatic rings. The van der Waals surface area contributed by atoms with Gasteiger partial charge in [0.15, 0.2) is 5.41 Å². The number of rotatable bonds is 6. The van der Waals surface area contributed by atoms with Crippen LogP contribution in [0.3, 0.4) is 0 Å². The lowest BCUT2D eigenvalue weighted by Crippen LogP contribution is -2.25. The molecule has 0 atom stereocenters. The Labute approximate surface area is 136 Å². The number of nitrogens with zero attached hydrogens (tertiary/aromatic N) is 3. The Bertz CT molecular complexity index is 697. The number of benzene rings is 2. The molecule has 0 unspecified atom stereocenters. The van der Waals surface area contributed by atoms with E-state index in [1.54, 1.807) is 0 Å². The first kappa shape index (κ1) is 16.5. The van der Waals surface area contributed by atoms with Crippen LogP contribution >= 0.6 is 0 Å². The highest BCUT2D eigenvalue weighted by molar-refractivity contribution is 5.51. The minimum Gasteiger partial charge on any atom is -0.395 e. The molecule has 0 aromatic heterocycles. The van der Waals surface area contributed by atoms with Crippen LogP contribution in [-0.2, 0) is 11.8 Å². The van der Waals surface area contributed by atoms with E-state index in [-0.39, 0.29) is 6.61 Å². The van der Waals surface area contributed by atoms with E-state index in [2.05, 4.69) is 12.1 Å². The van der Waals surface area contributed by atoms with Gasteiger partial charge in [-0.05, 0) is 23.3 Å². The molecule has 0 aliphatic heterocycles. The van der Waals surface area contributed by atoms with E-state index in [1.165, 1.54) is 0 Å². The molecular weight excluding hydrogens is 286 g/mol. The van der Waals surface area contributed by atoms with E-state index in [0.717, 1.165) is 11.3 Å². The minimum atomic E-state index is -1.20. The van der Waals surface area contributed by atoms with Crippen molar-refractivity contribution in [3.8, 4) is 12.1 Å². The zero-order chi connectivity index (χ0) is 16.7. The lowest BCUT2D eigenvalue weighted by molar-refractivity contribution is 0.304. The van der Waals surface area contributed by atoms with E-state index < -0.39 is 5.41 Å². The molecule has 0 aliphatic rings. The molecule has 0 saturated carbocycles. The molecule has 0 saturated heterocycles. The van der Waals surface area contributed by atoms with E-state index in [4.69, 9.17) is 5.11 Å². The van der Waals surface area contributed by atoms with Crippen LogP contribution in [-0.4, -0.2) is 25.3 Å². The van der Waals surface area contributed by atoms with Crippen molar-refractivity contribution < 1.29 is 5.11 Å². The molecule has 0 fully saturated rings. The maximum Gasteiger partial charge on any atom is 0.172 e. The first-order valence-corrected chi connectivity index (χ1v) is 7.44. The average molecular weight is 305 g/mol. The van der Waals surface area contributed by atoms with Gasteiger partial charge in [-0.25, -0.2) is 0 Å². The summed E-state index contributed by atoms with van der Waals surface area (Å²) in [6, 6.07) is 21.3. The molecule has 0 heterocycles. The summed E-state index contributed by atoms with van der Waals surface area (Å²) in [5, 5.41) is 28.3. The average Bonchev–Trinajstić information content (AvgIpc) is 2.61. The fraction of sp³-hybridized carbons (Fsp3) is 0.263. The molecule has 0 radical (unpaired) electrons. The summed E-state index contributed by atoms with van der Waals surface area (Å²) in [6.07, 6.45) is 0.354. The fourth-order valence-corrected chi connectivity index (χ4v) is 2.52. The lowest BCUT2D eigenvalue weighted by Gasteiger charge is -2.22. The van der Waals surface area contributed by atoms with Crippen molar-refractivity contribution in [1.82, 2.24) is 0 Å². The summed E-state index contributed by atoms with van der Waals surface area (Å²) in [5.74, 6) is 0. The van der Waals surface area contributed by atoms with Gasteiger partial charge in [0.1, 0.15) is 0 Å². The fourth-order valence-electron chi connectivity index (χ4n) is 2.52. The van der Waals surface area contributed by atoms with E-state index in [0.29, 0.717) is 18.5 Å². The van der Waals surface area contributed by atoms with Gasteiger partial charge in [-0.1, -0.05) is 42.5 Å². The van der Waals surface area contributed by atoms with Crippen LogP contribution < -0.4 is 4.90 Å². The predicted molar refractivity (Wildman–Crippen MR) is 89.8 cm³/mol. The normalized spacial score (nSPS) is 10.6. The van der Waals surface area contributed by atoms with Crippen LogP contribution in [0.1, 0.15) is 11.1 Å². The van der Waals surface area contributed by atoms with Crippen molar-refractivity contribution in [2.24, 2.45) is 0 Å². The smallest absolute Gasteiger partial charge is 0.172 e. The highest BCUT2D eigenvalue weighted by atomic mass is 16.3. The van der Waals surface area contributed by atoms with Crippen molar-refractivity contribution in [2.45, 2.75) is 11.8 Å². The van der Waals surface area contributed by atoms with Gasteiger partial charge in [0.05, 0.1) is 18.7 Å². The van der Waals surface area contributed by atoms with Gasteiger partial charge in [-0.3, -0.25) is 0 Å². The molecule has 23 heavy (non-hydrogen) atoms. The lowest BCUT2D eigenvalue weighted by atomic mass is 9.78. The van der Waals surface area contributed by atoms with E-state index >= 15 is 0 Å². The number of hydrogen-bond donors (Lipinski definition) is 1. The molecule has 1 N–H and O–H groups in total. The highest BCUT2D eigenvalue weighted by Gasteiger charge is 2.32. The molecular formula is C19H19N3O. The standard InChI is InChI=1S/C19H19N3O/c1-22(11-12-23)18-9-7-17(8-10-18)19(14-20,15-21)13-16-5-3-2-4-6-16/h2-10,23H,11-13H2,1H3. The van der Waals surface area contributed by atoms with Gasteiger partial charge in [0, 0.05) is 25.7 Å². The van der Waals surface area contributed by atoms with E-state index in [1.807, 2.05) is 66.5 Å². The molecule has 2 rings (SSSR count). The van der Waals surface area contributed by atoms with Crippen molar-refractivity contribution in [1.29, 1.82) is 10.5 Å². The number of aliphatic hydroxyl groups is 1. The summed E-state index contributed by atoms with van der Waals surface area (Å²) in [6.45, 7) is 0.609. The summed E-state index contributed by atoms with van der Waals surface area (Å²) in [5.41, 5.74) is 1.38. The van der Waals surface area contributed by atoms with Gasteiger partial charge >= 0.3 is 0 Å². The monoisotopic (exact) mass is 305 g/mol. The van der Waals surface area contributed by atoms with Crippen LogP contribution in [0, 0.1) is 22.7 Å². The topological polar surface area (TPSA) is 71.0 Å². The summed E-state index contributed by atoms with van der Waals surface area (Å²) in [7, 11) is 1.89. The second-order valence-electron chi connectivity index (χ2n) is 5.48. The Kier molecular flexibility index (Phi) is 5.36. The number of aliphatic hydroxyl groups excluding tert-OH is 1. The van der Waals surface area contributed by atoms with Gasteiger partial charge in [0.25, 0.3) is 0 Å².